The summed E-state index contributed by atoms with van der Waals surface area (Å²) < 4.78 is 0.686. The first-order chi connectivity index (χ1) is 14.4. The van der Waals surface area contributed by atoms with Gasteiger partial charge in [0.25, 0.3) is 11.8 Å². The van der Waals surface area contributed by atoms with Crippen LogP contribution in [0.15, 0.2) is 83.3 Å². The quantitative estimate of drug-likeness (QED) is 0.445. The van der Waals surface area contributed by atoms with E-state index in [0.717, 1.165) is 5.56 Å². The van der Waals surface area contributed by atoms with E-state index in [9.17, 15) is 9.59 Å². The van der Waals surface area contributed by atoms with E-state index in [1.807, 2.05) is 43.3 Å². The Morgan fingerprint density at radius 1 is 0.867 bits per heavy atom. The fourth-order valence-electron chi connectivity index (χ4n) is 2.79. The SMILES string of the molecule is CC(NC(=O)c1ccc(NC(=S)NC(=O)c2ccccc2Br)cc1)c1ccccc1. The molecule has 3 N–H and O–H groups in total. The van der Waals surface area contributed by atoms with Gasteiger partial charge in [-0.3, -0.25) is 14.9 Å². The third kappa shape index (κ3) is 5.75. The van der Waals surface area contributed by atoms with Crippen LogP contribution in [0, 0.1) is 0 Å². The first-order valence-electron chi connectivity index (χ1n) is 9.27. The van der Waals surface area contributed by atoms with Crippen LogP contribution in [0.25, 0.3) is 0 Å². The normalized spacial score (nSPS) is 11.3. The van der Waals surface area contributed by atoms with Gasteiger partial charge in [0.1, 0.15) is 0 Å². The Morgan fingerprint density at radius 2 is 1.50 bits per heavy atom. The zero-order valence-corrected chi connectivity index (χ0v) is 18.6. The molecular formula is C23H20BrN3O2S. The van der Waals surface area contributed by atoms with Gasteiger partial charge >= 0.3 is 0 Å². The number of rotatable bonds is 5. The van der Waals surface area contributed by atoms with Gasteiger partial charge in [0.05, 0.1) is 11.6 Å². The molecule has 0 fully saturated rings. The maximum Gasteiger partial charge on any atom is 0.258 e. The number of anilines is 1. The molecule has 7 heteroatoms. The summed E-state index contributed by atoms with van der Waals surface area (Å²) in [7, 11) is 0. The molecule has 3 aromatic rings. The topological polar surface area (TPSA) is 70.2 Å². The number of hydrogen-bond donors (Lipinski definition) is 3. The molecule has 0 heterocycles. The molecule has 0 aliphatic carbocycles. The van der Waals surface area contributed by atoms with Crippen molar-refractivity contribution in [3.05, 3.63) is 100 Å². The molecule has 1 atom stereocenters. The van der Waals surface area contributed by atoms with Crippen molar-refractivity contribution in [2.45, 2.75) is 13.0 Å². The number of carbonyl (C=O) groups excluding carboxylic acids is 2. The second-order valence-corrected chi connectivity index (χ2v) is 7.83. The molecule has 0 spiro atoms. The average molecular weight is 482 g/mol. The van der Waals surface area contributed by atoms with Crippen molar-refractivity contribution in [2.75, 3.05) is 5.32 Å². The second kappa shape index (κ2) is 10.1. The Labute approximate surface area is 189 Å². The minimum atomic E-state index is -0.314. The molecule has 0 aliphatic rings. The van der Waals surface area contributed by atoms with Gasteiger partial charge in [-0.25, -0.2) is 0 Å². The number of thiocarbonyl (C=S) groups is 1. The Hall–Kier alpha value is -3.03. The molecule has 0 aliphatic heterocycles. The summed E-state index contributed by atoms with van der Waals surface area (Å²) in [4.78, 5) is 24.8. The Bertz CT molecular complexity index is 1060. The van der Waals surface area contributed by atoms with Gasteiger partial charge in [-0.15, -0.1) is 0 Å². The molecule has 3 aromatic carbocycles. The minimum Gasteiger partial charge on any atom is -0.346 e. The first-order valence-corrected chi connectivity index (χ1v) is 10.5. The van der Waals surface area contributed by atoms with Crippen LogP contribution in [0.1, 0.15) is 39.2 Å². The standard InChI is InChI=1S/C23H20BrN3O2S/c1-15(16-7-3-2-4-8-16)25-21(28)17-11-13-18(14-12-17)26-23(30)27-22(29)19-9-5-6-10-20(19)24/h2-15H,1H3,(H,25,28)(H2,26,27,29,30). The van der Waals surface area contributed by atoms with Crippen molar-refractivity contribution >= 4 is 50.8 Å². The van der Waals surface area contributed by atoms with Gasteiger partial charge in [-0.2, -0.15) is 0 Å². The Balaban J connectivity index is 1.56. The van der Waals surface area contributed by atoms with Gasteiger partial charge in [-0.1, -0.05) is 42.5 Å². The maximum absolute atomic E-state index is 12.5. The second-order valence-electron chi connectivity index (χ2n) is 6.57. The van der Waals surface area contributed by atoms with E-state index >= 15 is 0 Å². The molecule has 0 aromatic heterocycles. The lowest BCUT2D eigenvalue weighted by molar-refractivity contribution is 0.0938. The highest BCUT2D eigenvalue weighted by Gasteiger charge is 2.13. The Kier molecular flexibility index (Phi) is 7.32. The Morgan fingerprint density at radius 3 is 2.17 bits per heavy atom. The average Bonchev–Trinajstić information content (AvgIpc) is 2.75. The number of nitrogens with one attached hydrogen (secondary N) is 3. The van der Waals surface area contributed by atoms with Crippen molar-refractivity contribution in [3.8, 4) is 0 Å². The summed E-state index contributed by atoms with van der Waals surface area (Å²) in [6, 6.07) is 23.6. The summed E-state index contributed by atoms with van der Waals surface area (Å²) >= 11 is 8.56. The van der Waals surface area contributed by atoms with E-state index in [-0.39, 0.29) is 23.0 Å². The summed E-state index contributed by atoms with van der Waals surface area (Å²) in [5.74, 6) is -0.478. The maximum atomic E-state index is 12.5. The number of halogens is 1. The zero-order chi connectivity index (χ0) is 21.5. The van der Waals surface area contributed by atoms with E-state index in [1.54, 1.807) is 42.5 Å². The van der Waals surface area contributed by atoms with E-state index in [1.165, 1.54) is 0 Å². The zero-order valence-electron chi connectivity index (χ0n) is 16.2. The molecule has 30 heavy (non-hydrogen) atoms. The molecule has 0 radical (unpaired) electrons. The lowest BCUT2D eigenvalue weighted by atomic mass is 10.1. The highest BCUT2D eigenvalue weighted by Crippen LogP contribution is 2.16. The van der Waals surface area contributed by atoms with Crippen LogP contribution in [0.3, 0.4) is 0 Å². The van der Waals surface area contributed by atoms with Gasteiger partial charge in [-0.05, 0) is 77.0 Å². The smallest absolute Gasteiger partial charge is 0.258 e. The van der Waals surface area contributed by atoms with E-state index in [0.29, 0.717) is 21.3 Å². The van der Waals surface area contributed by atoms with Crippen LogP contribution in [0.5, 0.6) is 0 Å². The molecule has 0 saturated heterocycles. The van der Waals surface area contributed by atoms with Crippen LogP contribution in [0.2, 0.25) is 0 Å². The van der Waals surface area contributed by atoms with Gasteiger partial charge in [0, 0.05) is 15.7 Å². The first kappa shape index (κ1) is 21.7. The largest absolute Gasteiger partial charge is 0.346 e. The van der Waals surface area contributed by atoms with Crippen LogP contribution < -0.4 is 16.0 Å². The van der Waals surface area contributed by atoms with Crippen LogP contribution in [-0.2, 0) is 0 Å². The third-order valence-corrected chi connectivity index (χ3v) is 5.29. The number of carbonyl (C=O) groups is 2. The lowest BCUT2D eigenvalue weighted by Crippen LogP contribution is -2.34. The summed E-state index contributed by atoms with van der Waals surface area (Å²) in [5.41, 5.74) is 2.73. The fourth-order valence-corrected chi connectivity index (χ4v) is 3.46. The molecule has 3 rings (SSSR count). The molecule has 1 unspecified atom stereocenters. The van der Waals surface area contributed by atoms with Crippen LogP contribution in [-0.4, -0.2) is 16.9 Å². The van der Waals surface area contributed by atoms with E-state index < -0.39 is 0 Å². The summed E-state index contributed by atoms with van der Waals surface area (Å²) in [6.45, 7) is 1.94. The van der Waals surface area contributed by atoms with Gasteiger partial charge in [0.2, 0.25) is 0 Å². The van der Waals surface area contributed by atoms with E-state index in [4.69, 9.17) is 12.2 Å². The lowest BCUT2D eigenvalue weighted by Gasteiger charge is -2.15. The molecule has 152 valence electrons. The molecule has 2 amide bonds. The number of amides is 2. The molecular weight excluding hydrogens is 462 g/mol. The molecule has 0 bridgehead atoms. The highest BCUT2D eigenvalue weighted by atomic mass is 79.9. The van der Waals surface area contributed by atoms with Crippen molar-refractivity contribution in [3.63, 3.8) is 0 Å². The van der Waals surface area contributed by atoms with Crippen molar-refractivity contribution in [1.82, 2.24) is 10.6 Å². The fraction of sp³-hybridized carbons (Fsp3) is 0.0870. The minimum absolute atomic E-state index is 0.100. The third-order valence-electron chi connectivity index (χ3n) is 4.40. The van der Waals surface area contributed by atoms with Crippen molar-refractivity contribution < 1.29 is 9.59 Å². The monoisotopic (exact) mass is 481 g/mol. The predicted octanol–water partition coefficient (Wildman–Crippen LogP) is 5.07. The number of benzene rings is 3. The molecule has 5 nitrogen and oxygen atoms in total. The predicted molar refractivity (Wildman–Crippen MR) is 127 cm³/mol. The number of hydrogen-bond acceptors (Lipinski definition) is 3. The van der Waals surface area contributed by atoms with Gasteiger partial charge in [0.15, 0.2) is 5.11 Å². The summed E-state index contributed by atoms with van der Waals surface area (Å²) in [5, 5.41) is 8.73. The van der Waals surface area contributed by atoms with Crippen molar-refractivity contribution in [2.24, 2.45) is 0 Å². The van der Waals surface area contributed by atoms with E-state index in [2.05, 4.69) is 31.9 Å². The van der Waals surface area contributed by atoms with Crippen LogP contribution in [0.4, 0.5) is 5.69 Å². The van der Waals surface area contributed by atoms with Gasteiger partial charge < -0.3 is 10.6 Å². The highest BCUT2D eigenvalue weighted by molar-refractivity contribution is 9.10. The van der Waals surface area contributed by atoms with Crippen LogP contribution >= 0.6 is 28.1 Å². The van der Waals surface area contributed by atoms with Crippen molar-refractivity contribution in [1.29, 1.82) is 0 Å². The summed E-state index contributed by atoms with van der Waals surface area (Å²) in [6.07, 6.45) is 0. The molecule has 0 saturated carbocycles.